The highest BCUT2D eigenvalue weighted by atomic mass is 19.4. The van der Waals surface area contributed by atoms with E-state index in [0.29, 0.717) is 30.5 Å². The summed E-state index contributed by atoms with van der Waals surface area (Å²) in [7, 11) is 3.15. The standard InChI is InChI=1S/C39H41F3N2O5/c1-38(2,3)49-37(47)44-19-17-27(18-20-44)26-9-11-28(12-10-26)34-23-31(36(46)48-24-35(45)43(4)5)22-30-21-29(14-16-33(30)34)25-7-6-8-32(15-13-25)39(40,41)42/h6,8-16,21-23,27H,7,17-20,24H2,1-5H3. The predicted molar refractivity (Wildman–Crippen MR) is 184 cm³/mol. The molecule has 0 aromatic heterocycles. The third-order valence-corrected chi connectivity index (χ3v) is 8.65. The fourth-order valence-corrected chi connectivity index (χ4v) is 5.95. The van der Waals surface area contributed by atoms with Gasteiger partial charge in [-0.2, -0.15) is 13.2 Å². The topological polar surface area (TPSA) is 76.2 Å². The van der Waals surface area contributed by atoms with Crippen molar-refractivity contribution in [3.05, 3.63) is 101 Å². The van der Waals surface area contributed by atoms with Crippen LogP contribution in [0.2, 0.25) is 0 Å². The zero-order valence-electron chi connectivity index (χ0n) is 28.4. The molecule has 1 heterocycles. The first-order valence-electron chi connectivity index (χ1n) is 16.3. The maximum absolute atomic E-state index is 13.3. The first-order chi connectivity index (χ1) is 23.1. The molecule has 7 nitrogen and oxygen atoms in total. The number of halogens is 3. The Morgan fingerprint density at radius 2 is 1.57 bits per heavy atom. The number of ether oxygens (including phenoxy) is 2. The summed E-state index contributed by atoms with van der Waals surface area (Å²) >= 11 is 0. The van der Waals surface area contributed by atoms with Gasteiger partial charge in [-0.3, -0.25) is 4.79 Å². The van der Waals surface area contributed by atoms with E-state index in [9.17, 15) is 27.6 Å². The van der Waals surface area contributed by atoms with Gasteiger partial charge in [-0.15, -0.1) is 0 Å². The van der Waals surface area contributed by atoms with Crippen molar-refractivity contribution in [1.29, 1.82) is 0 Å². The second-order valence-corrected chi connectivity index (χ2v) is 13.6. The largest absolute Gasteiger partial charge is 0.452 e. The normalized spacial score (nSPS) is 15.7. The maximum atomic E-state index is 13.3. The lowest BCUT2D eigenvalue weighted by Gasteiger charge is -2.33. The van der Waals surface area contributed by atoms with Crippen LogP contribution in [0.1, 0.15) is 67.4 Å². The second-order valence-electron chi connectivity index (χ2n) is 13.6. The number of likely N-dealkylation sites (N-methyl/N-ethyl adjacent to an activating group) is 1. The van der Waals surface area contributed by atoms with Gasteiger partial charge in [0.25, 0.3) is 5.91 Å². The number of alkyl halides is 3. The Balaban J connectivity index is 1.45. The molecule has 1 aliphatic heterocycles. The van der Waals surface area contributed by atoms with Crippen LogP contribution in [-0.2, 0) is 14.3 Å². The molecule has 2 aliphatic rings. The zero-order chi connectivity index (χ0) is 35.5. The van der Waals surface area contributed by atoms with Crippen molar-refractivity contribution < 1.29 is 37.0 Å². The number of fused-ring (bicyclic) bond motifs is 1. The van der Waals surface area contributed by atoms with Crippen molar-refractivity contribution >= 4 is 34.3 Å². The van der Waals surface area contributed by atoms with Crippen molar-refractivity contribution in [3.63, 3.8) is 0 Å². The van der Waals surface area contributed by atoms with E-state index in [0.717, 1.165) is 52.6 Å². The van der Waals surface area contributed by atoms with Crippen LogP contribution in [0, 0.1) is 0 Å². The Morgan fingerprint density at radius 1 is 0.898 bits per heavy atom. The highest BCUT2D eigenvalue weighted by Crippen LogP contribution is 2.36. The van der Waals surface area contributed by atoms with E-state index in [1.165, 1.54) is 17.1 Å². The van der Waals surface area contributed by atoms with Gasteiger partial charge in [0, 0.05) is 27.2 Å². The molecule has 0 spiro atoms. The molecule has 258 valence electrons. The van der Waals surface area contributed by atoms with Crippen molar-refractivity contribution in [2.75, 3.05) is 33.8 Å². The quantitative estimate of drug-likeness (QED) is 0.245. The molecule has 3 aromatic carbocycles. The first kappa shape index (κ1) is 35.4. The Hall–Kier alpha value is -4.86. The van der Waals surface area contributed by atoms with Crippen LogP contribution in [0.3, 0.4) is 0 Å². The van der Waals surface area contributed by atoms with E-state index in [2.05, 4.69) is 12.1 Å². The van der Waals surface area contributed by atoms with Gasteiger partial charge in [0.05, 0.1) is 11.1 Å². The molecule has 2 amide bonds. The first-order valence-corrected chi connectivity index (χ1v) is 16.3. The Labute approximate surface area is 284 Å². The van der Waals surface area contributed by atoms with Crippen molar-refractivity contribution in [3.8, 4) is 11.1 Å². The number of hydrogen-bond donors (Lipinski definition) is 0. The monoisotopic (exact) mass is 674 g/mol. The van der Waals surface area contributed by atoms with Crippen molar-refractivity contribution in [2.45, 2.75) is 57.7 Å². The number of carbonyl (C=O) groups is 3. The molecule has 10 heteroatoms. The van der Waals surface area contributed by atoms with Crippen LogP contribution in [0.15, 0.2) is 84.5 Å². The molecule has 1 fully saturated rings. The number of carbonyl (C=O) groups excluding carboxylic acids is 3. The van der Waals surface area contributed by atoms with Crippen molar-refractivity contribution in [1.82, 2.24) is 9.80 Å². The molecule has 1 saturated heterocycles. The predicted octanol–water partition coefficient (Wildman–Crippen LogP) is 8.70. The molecule has 0 radical (unpaired) electrons. The van der Waals surface area contributed by atoms with Gasteiger partial charge in [-0.05, 0) is 109 Å². The summed E-state index contributed by atoms with van der Waals surface area (Å²) in [5.74, 6) is -0.744. The number of esters is 1. The third-order valence-electron chi connectivity index (χ3n) is 8.65. The third kappa shape index (κ3) is 8.79. The molecule has 3 aromatic rings. The Bertz CT molecular complexity index is 1820. The lowest BCUT2D eigenvalue weighted by molar-refractivity contribution is -0.131. The van der Waals surface area contributed by atoms with Crippen LogP contribution < -0.4 is 0 Å². The molecule has 0 unspecified atom stereocenters. The molecule has 49 heavy (non-hydrogen) atoms. The molecule has 0 bridgehead atoms. The number of amides is 2. The molecule has 1 aliphatic carbocycles. The van der Waals surface area contributed by atoms with Gasteiger partial charge in [0.1, 0.15) is 5.60 Å². The lowest BCUT2D eigenvalue weighted by Crippen LogP contribution is -2.41. The fourth-order valence-electron chi connectivity index (χ4n) is 5.95. The minimum absolute atomic E-state index is 0.249. The smallest absolute Gasteiger partial charge is 0.416 e. The highest BCUT2D eigenvalue weighted by Gasteiger charge is 2.32. The highest BCUT2D eigenvalue weighted by molar-refractivity contribution is 6.04. The summed E-state index contributed by atoms with van der Waals surface area (Å²) < 4.78 is 50.9. The van der Waals surface area contributed by atoms with E-state index < -0.39 is 29.9 Å². The summed E-state index contributed by atoms with van der Waals surface area (Å²) in [4.78, 5) is 40.9. The zero-order valence-corrected chi connectivity index (χ0v) is 28.4. The maximum Gasteiger partial charge on any atom is 0.416 e. The molecule has 0 N–H and O–H groups in total. The molecular formula is C39H41F3N2O5. The summed E-state index contributed by atoms with van der Waals surface area (Å²) in [6.45, 7) is 6.36. The van der Waals surface area contributed by atoms with Crippen LogP contribution in [0.4, 0.5) is 18.0 Å². The van der Waals surface area contributed by atoms with Crippen LogP contribution in [-0.4, -0.2) is 73.3 Å². The van der Waals surface area contributed by atoms with Gasteiger partial charge in [-0.25, -0.2) is 9.59 Å². The van der Waals surface area contributed by atoms with E-state index >= 15 is 0 Å². The average molecular weight is 675 g/mol. The second kappa shape index (κ2) is 14.3. The Morgan fingerprint density at radius 3 is 2.20 bits per heavy atom. The minimum Gasteiger partial charge on any atom is -0.452 e. The molecule has 5 rings (SSSR count). The summed E-state index contributed by atoms with van der Waals surface area (Å²) in [5, 5.41) is 1.55. The Kier molecular flexibility index (Phi) is 10.4. The van der Waals surface area contributed by atoms with Gasteiger partial charge in [0.2, 0.25) is 0 Å². The van der Waals surface area contributed by atoms with Crippen LogP contribution in [0.25, 0.3) is 27.5 Å². The number of rotatable bonds is 6. The van der Waals surface area contributed by atoms with Gasteiger partial charge < -0.3 is 19.3 Å². The van der Waals surface area contributed by atoms with Crippen LogP contribution >= 0.6 is 0 Å². The van der Waals surface area contributed by atoms with Gasteiger partial charge in [-0.1, -0.05) is 54.6 Å². The molecule has 0 saturated carbocycles. The summed E-state index contributed by atoms with van der Waals surface area (Å²) in [6.07, 6.45) is 2.31. The van der Waals surface area contributed by atoms with Crippen LogP contribution in [0.5, 0.6) is 0 Å². The number of hydrogen-bond acceptors (Lipinski definition) is 5. The summed E-state index contributed by atoms with van der Waals surface area (Å²) in [6, 6.07) is 17.2. The fraction of sp³-hybridized carbons (Fsp3) is 0.359. The number of nitrogens with zero attached hydrogens (tertiary/aromatic N) is 2. The van der Waals surface area contributed by atoms with Gasteiger partial charge in [0.15, 0.2) is 6.61 Å². The minimum atomic E-state index is -4.45. The van der Waals surface area contributed by atoms with E-state index in [1.54, 1.807) is 31.1 Å². The number of piperidine rings is 1. The number of allylic oxidation sites excluding steroid dienone is 6. The summed E-state index contributed by atoms with van der Waals surface area (Å²) in [5.41, 5.74) is 3.19. The van der Waals surface area contributed by atoms with Gasteiger partial charge >= 0.3 is 18.2 Å². The molecule has 0 atom stereocenters. The van der Waals surface area contributed by atoms with E-state index in [-0.39, 0.29) is 23.5 Å². The molecular weight excluding hydrogens is 633 g/mol. The lowest BCUT2D eigenvalue weighted by atomic mass is 9.87. The average Bonchev–Trinajstić information content (AvgIpc) is 3.33. The number of likely N-dealkylation sites (tertiary alicyclic amines) is 1. The van der Waals surface area contributed by atoms with E-state index in [4.69, 9.17) is 9.47 Å². The van der Waals surface area contributed by atoms with E-state index in [1.807, 2.05) is 51.1 Å². The van der Waals surface area contributed by atoms with Crippen molar-refractivity contribution in [2.24, 2.45) is 0 Å². The SMILES string of the molecule is CN(C)C(=O)COC(=O)c1cc(-c2ccc(C3CCN(C(=O)OC(C)(C)C)CC3)cc2)c2ccc(C3=CC=C(C(F)(F)F)C=CC3)cc2c1. The number of benzene rings is 3.